The standard InChI is InChI=1S/C18H42Si3/c1-15(2,3)20(13,16(4,5)6)19-21(14,17(7,8)9)18(10,11)12/h1-14H3. The van der Waals surface area contributed by atoms with Gasteiger partial charge < -0.3 is 0 Å². The Bertz CT molecular complexity index is 292. The third kappa shape index (κ3) is 3.95. The van der Waals surface area contributed by atoms with Crippen molar-refractivity contribution in [3.8, 4) is 0 Å². The largest absolute Gasteiger partial charge is 0.0709 e. The number of rotatable bonds is 2. The SMILES string of the molecule is CC(C)(C)[Si](C)([Si][Si](C)(C(C)(C)C)C(C)(C)C)C(C)(C)C. The summed E-state index contributed by atoms with van der Waals surface area (Å²) in [6.07, 6.45) is 0. The van der Waals surface area contributed by atoms with Crippen molar-refractivity contribution in [1.29, 1.82) is 0 Å². The molecule has 21 heavy (non-hydrogen) atoms. The molecule has 0 amide bonds. The monoisotopic (exact) mass is 342 g/mol. The van der Waals surface area contributed by atoms with E-state index in [0.29, 0.717) is 20.2 Å². The lowest BCUT2D eigenvalue weighted by molar-refractivity contribution is 0.627. The summed E-state index contributed by atoms with van der Waals surface area (Å²) in [6, 6.07) is 0. The molecule has 0 heterocycles. The van der Waals surface area contributed by atoms with Gasteiger partial charge in [-0.05, 0) is 20.2 Å². The lowest BCUT2D eigenvalue weighted by Gasteiger charge is -2.59. The van der Waals surface area contributed by atoms with E-state index in [4.69, 9.17) is 0 Å². The summed E-state index contributed by atoms with van der Waals surface area (Å²) in [6.45, 7) is 35.5. The molecule has 0 aromatic heterocycles. The fourth-order valence-corrected chi connectivity index (χ4v) is 40.5. The molecular weight excluding hydrogens is 300 g/mol. The van der Waals surface area contributed by atoms with Crippen molar-refractivity contribution in [2.45, 2.75) is 116 Å². The fourth-order valence-electron chi connectivity index (χ4n) is 3.50. The van der Waals surface area contributed by atoms with Crippen LogP contribution in [-0.2, 0) is 0 Å². The number of hydrogen-bond donors (Lipinski definition) is 0. The van der Waals surface area contributed by atoms with Gasteiger partial charge in [0.25, 0.3) is 0 Å². The van der Waals surface area contributed by atoms with Crippen molar-refractivity contribution in [1.82, 2.24) is 0 Å². The van der Waals surface area contributed by atoms with E-state index in [9.17, 15) is 0 Å². The van der Waals surface area contributed by atoms with Crippen molar-refractivity contribution in [3.05, 3.63) is 0 Å². The smallest absolute Gasteiger partial charge is 0.0465 e. The molecule has 0 atom stereocenters. The second-order valence-electron chi connectivity index (χ2n) is 11.4. The summed E-state index contributed by atoms with van der Waals surface area (Å²) in [4.78, 5) is 0. The Balaban J connectivity index is 6.15. The van der Waals surface area contributed by atoms with Gasteiger partial charge in [0.1, 0.15) is 0 Å². The Morgan fingerprint density at radius 2 is 0.571 bits per heavy atom. The van der Waals surface area contributed by atoms with Gasteiger partial charge in [0.05, 0.1) is 0 Å². The Morgan fingerprint density at radius 3 is 0.667 bits per heavy atom. The van der Waals surface area contributed by atoms with Crippen molar-refractivity contribution in [2.75, 3.05) is 0 Å². The molecule has 0 unspecified atom stereocenters. The zero-order valence-corrected chi connectivity index (χ0v) is 20.5. The van der Waals surface area contributed by atoms with Gasteiger partial charge in [-0.1, -0.05) is 96.2 Å². The maximum absolute atomic E-state index is 2.70. The first-order valence-corrected chi connectivity index (χ1v) is 16.5. The van der Waals surface area contributed by atoms with Gasteiger partial charge >= 0.3 is 0 Å². The van der Waals surface area contributed by atoms with Crippen LogP contribution in [0.4, 0.5) is 0 Å². The van der Waals surface area contributed by atoms with Gasteiger partial charge in [0.2, 0.25) is 0 Å². The molecule has 0 rings (SSSR count). The van der Waals surface area contributed by atoms with Crippen molar-refractivity contribution in [2.24, 2.45) is 0 Å². The Hall–Kier alpha value is 0.651. The molecule has 0 aromatic carbocycles. The van der Waals surface area contributed by atoms with Gasteiger partial charge in [-0.3, -0.25) is 0 Å². The molecule has 0 nitrogen and oxygen atoms in total. The van der Waals surface area contributed by atoms with Gasteiger partial charge in [0, 0.05) is 23.7 Å². The zero-order valence-electron chi connectivity index (χ0n) is 17.5. The van der Waals surface area contributed by atoms with Crippen LogP contribution in [0.5, 0.6) is 0 Å². The molecule has 3 heteroatoms. The van der Waals surface area contributed by atoms with Crippen molar-refractivity contribution >= 4 is 23.7 Å². The van der Waals surface area contributed by atoms with Gasteiger partial charge in [-0.25, -0.2) is 0 Å². The zero-order chi connectivity index (χ0) is 17.7. The highest BCUT2D eigenvalue weighted by Gasteiger charge is 2.58. The summed E-state index contributed by atoms with van der Waals surface area (Å²) < 4.78 is 0. The Kier molecular flexibility index (Phi) is 5.80. The van der Waals surface area contributed by atoms with Crippen LogP contribution in [0.15, 0.2) is 0 Å². The van der Waals surface area contributed by atoms with Crippen LogP contribution in [-0.4, -0.2) is 23.7 Å². The molecule has 0 N–H and O–H groups in total. The van der Waals surface area contributed by atoms with E-state index in [1.54, 1.807) is 0 Å². The van der Waals surface area contributed by atoms with Crippen LogP contribution in [0.25, 0.3) is 0 Å². The van der Waals surface area contributed by atoms with E-state index < -0.39 is 15.2 Å². The molecule has 0 spiro atoms. The quantitative estimate of drug-likeness (QED) is 0.472. The molecule has 0 aliphatic heterocycles. The van der Waals surface area contributed by atoms with Crippen LogP contribution >= 0.6 is 0 Å². The molecule has 0 aliphatic carbocycles. The van der Waals surface area contributed by atoms with Crippen molar-refractivity contribution in [3.63, 3.8) is 0 Å². The summed E-state index contributed by atoms with van der Waals surface area (Å²) in [5, 5.41) is 1.87. The van der Waals surface area contributed by atoms with Gasteiger partial charge in [-0.2, -0.15) is 0 Å². The molecule has 0 fully saturated rings. The average Bonchev–Trinajstić information content (AvgIpc) is 2.09. The molecular formula is C18H42Si3. The highest BCUT2D eigenvalue weighted by Crippen LogP contribution is 2.57. The van der Waals surface area contributed by atoms with Gasteiger partial charge in [0.15, 0.2) is 0 Å². The third-order valence-corrected chi connectivity index (χ3v) is 40.5. The highest BCUT2D eigenvalue weighted by atomic mass is 29.6. The van der Waals surface area contributed by atoms with E-state index in [-0.39, 0.29) is 0 Å². The topological polar surface area (TPSA) is 0 Å². The first-order chi connectivity index (χ1) is 8.71. The molecule has 126 valence electrons. The maximum Gasteiger partial charge on any atom is 0.0465 e. The lowest BCUT2D eigenvalue weighted by Crippen LogP contribution is -2.68. The average molecular weight is 343 g/mol. The van der Waals surface area contributed by atoms with Crippen LogP contribution in [0, 0.1) is 0 Å². The molecule has 0 aliphatic rings. The van der Waals surface area contributed by atoms with Crippen LogP contribution in [0.1, 0.15) is 83.1 Å². The molecule has 0 saturated carbocycles. The van der Waals surface area contributed by atoms with E-state index in [0.717, 1.165) is 0 Å². The fraction of sp³-hybridized carbons (Fsp3) is 1.00. The normalized spacial score (nSPS) is 16.3. The van der Waals surface area contributed by atoms with Gasteiger partial charge in [-0.15, -0.1) is 0 Å². The summed E-state index contributed by atoms with van der Waals surface area (Å²) in [5.41, 5.74) is 0. The van der Waals surface area contributed by atoms with E-state index in [1.807, 2.05) is 0 Å². The minimum absolute atomic E-state index is 0.467. The van der Waals surface area contributed by atoms with E-state index in [2.05, 4.69) is 96.2 Å². The molecule has 0 saturated heterocycles. The Labute approximate surface area is 140 Å². The molecule has 0 aromatic rings. The van der Waals surface area contributed by atoms with Crippen LogP contribution < -0.4 is 0 Å². The predicted octanol–water partition coefficient (Wildman–Crippen LogP) is 7.04. The van der Waals surface area contributed by atoms with Crippen molar-refractivity contribution < 1.29 is 0 Å². The highest BCUT2D eigenvalue weighted by molar-refractivity contribution is 7.55. The minimum atomic E-state index is -1.42. The van der Waals surface area contributed by atoms with Crippen LogP contribution in [0.2, 0.25) is 33.2 Å². The van der Waals surface area contributed by atoms with E-state index in [1.165, 1.54) is 8.55 Å². The molecule has 2 radical (unpaired) electrons. The third-order valence-electron chi connectivity index (χ3n) is 6.50. The van der Waals surface area contributed by atoms with Crippen LogP contribution in [0.3, 0.4) is 0 Å². The lowest BCUT2D eigenvalue weighted by atomic mass is 10.2. The first-order valence-electron chi connectivity index (χ1n) is 8.50. The second kappa shape index (κ2) is 5.63. The number of hydrogen-bond acceptors (Lipinski definition) is 0. The first kappa shape index (κ1) is 21.7. The summed E-state index contributed by atoms with van der Waals surface area (Å²) in [5.74, 6) is 0. The van der Waals surface area contributed by atoms with E-state index >= 15 is 0 Å². The summed E-state index contributed by atoms with van der Waals surface area (Å²) >= 11 is 0. The predicted molar refractivity (Wildman–Crippen MR) is 108 cm³/mol. The minimum Gasteiger partial charge on any atom is -0.0709 e. The molecule has 0 bridgehead atoms. The summed E-state index contributed by atoms with van der Waals surface area (Å²) in [7, 11) is -1.63. The second-order valence-corrected chi connectivity index (χ2v) is 31.1. The Morgan fingerprint density at radius 1 is 0.429 bits per heavy atom. The maximum atomic E-state index is 2.70.